The van der Waals surface area contributed by atoms with Crippen LogP contribution in [0.15, 0.2) is 171 Å². The summed E-state index contributed by atoms with van der Waals surface area (Å²) in [6.45, 7) is 6.04. The van der Waals surface area contributed by atoms with Crippen molar-refractivity contribution in [2.45, 2.75) is 6.92 Å². The van der Waals surface area contributed by atoms with Crippen molar-refractivity contribution in [1.29, 1.82) is 0 Å². The van der Waals surface area contributed by atoms with Crippen molar-refractivity contribution in [3.8, 4) is 45.3 Å². The molecule has 0 fully saturated rings. The van der Waals surface area contributed by atoms with E-state index in [0.29, 0.717) is 0 Å². The van der Waals surface area contributed by atoms with E-state index in [1.165, 1.54) is 32.3 Å². The van der Waals surface area contributed by atoms with Gasteiger partial charge in [-0.15, -0.1) is 0 Å². The molecule has 0 radical (unpaired) electrons. The summed E-state index contributed by atoms with van der Waals surface area (Å²) in [5.41, 5.74) is 9.79. The Hall–Kier alpha value is -7.11. The van der Waals surface area contributed by atoms with Crippen LogP contribution >= 0.6 is 0 Å². The summed E-state index contributed by atoms with van der Waals surface area (Å²) in [6.07, 6.45) is 7.59. The van der Waals surface area contributed by atoms with E-state index in [1.807, 2.05) is 42.6 Å². The first-order chi connectivity index (χ1) is 26.2. The van der Waals surface area contributed by atoms with Gasteiger partial charge in [-0.1, -0.05) is 104 Å². The van der Waals surface area contributed by atoms with Crippen molar-refractivity contribution in [3.05, 3.63) is 182 Å². The van der Waals surface area contributed by atoms with Gasteiger partial charge in [-0.25, -0.2) is 15.0 Å². The van der Waals surface area contributed by atoms with E-state index in [-0.39, 0.29) is 0 Å². The summed E-state index contributed by atoms with van der Waals surface area (Å²) in [5, 5.41) is 7.49. The van der Waals surface area contributed by atoms with E-state index >= 15 is 0 Å². The zero-order chi connectivity index (χ0) is 35.5. The second-order valence-corrected chi connectivity index (χ2v) is 13.4. The average Bonchev–Trinajstić information content (AvgIpc) is 3.77. The van der Waals surface area contributed by atoms with Gasteiger partial charge in [-0.2, -0.15) is 0 Å². The molecule has 10 rings (SSSR count). The van der Waals surface area contributed by atoms with Crippen molar-refractivity contribution in [1.82, 2.24) is 24.1 Å². The number of para-hydroxylation sites is 2. The number of hydrogen-bond donors (Lipinski definition) is 0. The highest BCUT2D eigenvalue weighted by atomic mass is 15.1. The van der Waals surface area contributed by atoms with Gasteiger partial charge in [-0.05, 0) is 117 Å². The molecular formula is C48H33N5. The molecule has 0 atom stereocenters. The van der Waals surface area contributed by atoms with E-state index in [4.69, 9.17) is 15.0 Å². The number of pyridine rings is 1. The summed E-state index contributed by atoms with van der Waals surface area (Å²) in [7, 11) is 0. The highest BCUT2D eigenvalue weighted by Gasteiger charge is 2.22. The topological polar surface area (TPSA) is 48.5 Å². The maximum Gasteiger partial charge on any atom is 0.164 e. The summed E-state index contributed by atoms with van der Waals surface area (Å²) in [5.74, 6) is 1.66. The van der Waals surface area contributed by atoms with Crippen LogP contribution in [0.25, 0.3) is 94.8 Å². The number of allylic oxidation sites excluding steroid dienone is 2. The van der Waals surface area contributed by atoms with Gasteiger partial charge in [0.1, 0.15) is 17.2 Å². The molecule has 250 valence electrons. The molecule has 0 spiro atoms. The van der Waals surface area contributed by atoms with Crippen LogP contribution in [-0.4, -0.2) is 24.1 Å². The normalized spacial score (nSPS) is 11.9. The molecule has 0 aliphatic rings. The molecule has 0 saturated carbocycles. The highest BCUT2D eigenvalue weighted by molar-refractivity contribution is 6.26. The lowest BCUT2D eigenvalue weighted by molar-refractivity contribution is 1.01. The van der Waals surface area contributed by atoms with Gasteiger partial charge >= 0.3 is 0 Å². The third-order valence-electron chi connectivity index (χ3n) is 10.2. The number of hydrogen-bond acceptors (Lipinski definition) is 3. The number of nitrogens with zero attached hydrogens (tertiary/aromatic N) is 5. The van der Waals surface area contributed by atoms with E-state index in [0.717, 1.165) is 67.8 Å². The molecular weight excluding hydrogens is 647 g/mol. The minimum atomic E-state index is 0.807. The summed E-state index contributed by atoms with van der Waals surface area (Å²) < 4.78 is 4.41. The second kappa shape index (κ2) is 12.3. The van der Waals surface area contributed by atoms with E-state index in [2.05, 4.69) is 144 Å². The van der Waals surface area contributed by atoms with Crippen LogP contribution < -0.4 is 0 Å². The first kappa shape index (κ1) is 30.7. The van der Waals surface area contributed by atoms with Gasteiger partial charge in [0.25, 0.3) is 0 Å². The second-order valence-electron chi connectivity index (χ2n) is 13.4. The fraction of sp³-hybridized carbons (Fsp3) is 0.0208. The number of rotatable bonds is 7. The van der Waals surface area contributed by atoms with Gasteiger partial charge in [0.2, 0.25) is 0 Å². The van der Waals surface area contributed by atoms with E-state index in [1.54, 1.807) is 6.08 Å². The lowest BCUT2D eigenvalue weighted by atomic mass is 9.88. The minimum Gasteiger partial charge on any atom is -0.296 e. The van der Waals surface area contributed by atoms with Crippen molar-refractivity contribution in [3.63, 3.8) is 0 Å². The third kappa shape index (κ3) is 4.97. The number of benzene rings is 7. The maximum atomic E-state index is 5.31. The van der Waals surface area contributed by atoms with Crippen LogP contribution in [0.4, 0.5) is 0 Å². The lowest BCUT2D eigenvalue weighted by Crippen LogP contribution is -2.01. The monoisotopic (exact) mass is 679 g/mol. The first-order valence-electron chi connectivity index (χ1n) is 17.8. The van der Waals surface area contributed by atoms with Gasteiger partial charge in [-0.3, -0.25) is 9.13 Å². The molecule has 3 heterocycles. The quantitative estimate of drug-likeness (QED) is 0.124. The van der Waals surface area contributed by atoms with Gasteiger partial charge < -0.3 is 0 Å². The predicted octanol–water partition coefficient (Wildman–Crippen LogP) is 12.0. The summed E-state index contributed by atoms with van der Waals surface area (Å²) in [4.78, 5) is 15.4. The predicted molar refractivity (Wildman–Crippen MR) is 220 cm³/mol. The molecule has 0 aliphatic heterocycles. The average molecular weight is 680 g/mol. The van der Waals surface area contributed by atoms with E-state index < -0.39 is 0 Å². The van der Waals surface area contributed by atoms with Gasteiger partial charge in [0.15, 0.2) is 5.65 Å². The lowest BCUT2D eigenvalue weighted by Gasteiger charge is -2.17. The Morgan fingerprint density at radius 3 is 1.94 bits per heavy atom. The van der Waals surface area contributed by atoms with Crippen molar-refractivity contribution in [2.75, 3.05) is 0 Å². The third-order valence-corrected chi connectivity index (χ3v) is 10.2. The zero-order valence-corrected chi connectivity index (χ0v) is 29.1. The molecule has 5 heteroatoms. The van der Waals surface area contributed by atoms with E-state index in [9.17, 15) is 0 Å². The standard InChI is InChI=1S/C48H33N5/c1-3-4-22-42-31(2)52(38-17-7-5-8-18-38)46(50-42)36-27-35(41-30-34-16-11-14-32-24-25-33-15-12-21-40(41)45(33)44(32)34)28-37(29-36)47-51-43-23-13-26-49-48(43)53(47)39-19-9-6-10-20-39/h3-30H,1H2,2H3/b22-4-. The smallest absolute Gasteiger partial charge is 0.164 e. The Morgan fingerprint density at radius 1 is 0.566 bits per heavy atom. The fourth-order valence-corrected chi connectivity index (χ4v) is 7.89. The molecule has 0 N–H and O–H groups in total. The number of aromatic nitrogens is 5. The van der Waals surface area contributed by atoms with Crippen LogP contribution in [0.2, 0.25) is 0 Å². The van der Waals surface area contributed by atoms with Crippen molar-refractivity contribution >= 4 is 49.6 Å². The fourth-order valence-electron chi connectivity index (χ4n) is 7.89. The van der Waals surface area contributed by atoms with Crippen LogP contribution in [-0.2, 0) is 0 Å². The Kier molecular flexibility index (Phi) is 7.12. The van der Waals surface area contributed by atoms with Crippen molar-refractivity contribution < 1.29 is 0 Å². The largest absolute Gasteiger partial charge is 0.296 e. The molecule has 0 unspecified atom stereocenters. The van der Waals surface area contributed by atoms with Crippen LogP contribution in [0, 0.1) is 6.92 Å². The number of imidazole rings is 2. The van der Waals surface area contributed by atoms with Crippen LogP contribution in [0.3, 0.4) is 0 Å². The number of fused-ring (bicyclic) bond motifs is 1. The molecule has 0 amide bonds. The Morgan fingerprint density at radius 2 is 1.21 bits per heavy atom. The zero-order valence-electron chi connectivity index (χ0n) is 29.1. The SMILES string of the molecule is C=C/C=C\c1nc(-c2cc(-c3cc4cccc5ccc6cccc3c6c54)cc(-c3nc4cccnc4n3-c3ccccc3)c2)n(-c2ccccc2)c1C. The maximum absolute atomic E-state index is 5.31. The molecule has 5 nitrogen and oxygen atoms in total. The summed E-state index contributed by atoms with van der Waals surface area (Å²) >= 11 is 0. The first-order valence-corrected chi connectivity index (χ1v) is 17.8. The van der Waals surface area contributed by atoms with Crippen LogP contribution in [0.1, 0.15) is 11.4 Å². The van der Waals surface area contributed by atoms with Gasteiger partial charge in [0, 0.05) is 34.4 Å². The molecule has 53 heavy (non-hydrogen) atoms. The Labute approximate surface area is 306 Å². The Balaban J connectivity index is 1.32. The molecule has 0 saturated heterocycles. The summed E-state index contributed by atoms with van der Waals surface area (Å²) in [6, 6.07) is 51.6. The van der Waals surface area contributed by atoms with Crippen molar-refractivity contribution in [2.24, 2.45) is 0 Å². The molecule has 7 aromatic carbocycles. The molecule has 10 aromatic rings. The highest BCUT2D eigenvalue weighted by Crippen LogP contribution is 2.43. The molecule has 0 bridgehead atoms. The Bertz CT molecular complexity index is 3020. The minimum absolute atomic E-state index is 0.807. The molecule has 3 aromatic heterocycles. The van der Waals surface area contributed by atoms with Gasteiger partial charge in [0.05, 0.1) is 5.69 Å². The molecule has 0 aliphatic carbocycles. The van der Waals surface area contributed by atoms with Crippen LogP contribution in [0.5, 0.6) is 0 Å².